The van der Waals surface area contributed by atoms with Crippen molar-refractivity contribution in [1.82, 2.24) is 9.55 Å². The molecule has 0 saturated carbocycles. The number of imidazole rings is 1. The van der Waals surface area contributed by atoms with Gasteiger partial charge in [-0.05, 0) is 50.1 Å². The third kappa shape index (κ3) is 2.85. The van der Waals surface area contributed by atoms with Crippen LogP contribution in [0.5, 0.6) is 0 Å². The topological polar surface area (TPSA) is 17.8 Å². The molecule has 21 heavy (non-hydrogen) atoms. The summed E-state index contributed by atoms with van der Waals surface area (Å²) in [6, 6.07) is 10.8. The molecule has 1 aromatic carbocycles. The summed E-state index contributed by atoms with van der Waals surface area (Å²) in [6.07, 6.45) is 1.09. The maximum absolute atomic E-state index is 6.34. The summed E-state index contributed by atoms with van der Waals surface area (Å²) in [4.78, 5) is 7.51. The first kappa shape index (κ1) is 14.6. The van der Waals surface area contributed by atoms with Crippen LogP contribution in [0.4, 0.5) is 0 Å². The fourth-order valence-corrected chi connectivity index (χ4v) is 3.69. The number of thiophene rings is 1. The van der Waals surface area contributed by atoms with E-state index in [1.54, 1.807) is 0 Å². The van der Waals surface area contributed by atoms with Crippen LogP contribution in [0, 0.1) is 6.92 Å². The van der Waals surface area contributed by atoms with E-state index in [2.05, 4.69) is 48.7 Å². The zero-order chi connectivity index (χ0) is 15.0. The van der Waals surface area contributed by atoms with Crippen LogP contribution in [0.2, 0.25) is 0 Å². The number of alkyl halides is 1. The Balaban J connectivity index is 2.08. The van der Waals surface area contributed by atoms with Gasteiger partial charge in [0.25, 0.3) is 0 Å². The van der Waals surface area contributed by atoms with E-state index in [4.69, 9.17) is 16.6 Å². The molecule has 0 N–H and O–H groups in total. The van der Waals surface area contributed by atoms with E-state index in [-0.39, 0.29) is 5.38 Å². The van der Waals surface area contributed by atoms with E-state index in [0.717, 1.165) is 29.8 Å². The Bertz CT molecular complexity index is 770. The molecule has 1 atom stereocenters. The molecule has 0 amide bonds. The van der Waals surface area contributed by atoms with Crippen LogP contribution in [0.25, 0.3) is 11.0 Å². The van der Waals surface area contributed by atoms with Crippen molar-refractivity contribution in [2.75, 3.05) is 0 Å². The molecule has 1 unspecified atom stereocenters. The zero-order valence-corrected chi connectivity index (χ0v) is 14.1. The Hall–Kier alpha value is -1.32. The van der Waals surface area contributed by atoms with Gasteiger partial charge in [0.2, 0.25) is 0 Å². The smallest absolute Gasteiger partial charge is 0.128 e. The van der Waals surface area contributed by atoms with Crippen molar-refractivity contribution in [1.29, 1.82) is 0 Å². The maximum atomic E-state index is 6.34. The zero-order valence-electron chi connectivity index (χ0n) is 12.6. The van der Waals surface area contributed by atoms with Crippen LogP contribution in [0.1, 0.15) is 40.4 Å². The SMILES string of the molecule is CCc1ccc(Cn2c(C(C)Cl)nc3cc(C)ccc32)s1. The lowest BCUT2D eigenvalue weighted by Crippen LogP contribution is -2.04. The van der Waals surface area contributed by atoms with E-state index in [1.165, 1.54) is 15.3 Å². The van der Waals surface area contributed by atoms with E-state index < -0.39 is 0 Å². The van der Waals surface area contributed by atoms with E-state index in [1.807, 2.05) is 18.3 Å². The molecule has 0 aliphatic heterocycles. The van der Waals surface area contributed by atoms with Crippen molar-refractivity contribution < 1.29 is 0 Å². The lowest BCUT2D eigenvalue weighted by Gasteiger charge is -2.09. The summed E-state index contributed by atoms with van der Waals surface area (Å²) in [5, 5.41) is -0.0942. The molecule has 0 saturated heterocycles. The first-order chi connectivity index (χ1) is 10.1. The quantitative estimate of drug-likeness (QED) is 0.595. The van der Waals surface area contributed by atoms with Gasteiger partial charge in [0.1, 0.15) is 5.82 Å². The van der Waals surface area contributed by atoms with E-state index in [9.17, 15) is 0 Å². The Kier molecular flexibility index (Phi) is 4.05. The van der Waals surface area contributed by atoms with Crippen molar-refractivity contribution in [3.63, 3.8) is 0 Å². The first-order valence-electron chi connectivity index (χ1n) is 7.27. The fourth-order valence-electron chi connectivity index (χ4n) is 2.58. The Labute approximate surface area is 134 Å². The predicted octanol–water partition coefficient (Wildman–Crippen LogP) is 5.32. The normalized spacial score (nSPS) is 13.0. The number of hydrogen-bond donors (Lipinski definition) is 0. The highest BCUT2D eigenvalue weighted by Crippen LogP contribution is 2.27. The van der Waals surface area contributed by atoms with E-state index in [0.29, 0.717) is 0 Å². The van der Waals surface area contributed by atoms with Crippen molar-refractivity contribution >= 4 is 34.0 Å². The van der Waals surface area contributed by atoms with Crippen LogP contribution in [0.15, 0.2) is 30.3 Å². The van der Waals surface area contributed by atoms with Gasteiger partial charge in [-0.15, -0.1) is 22.9 Å². The van der Waals surface area contributed by atoms with Crippen LogP contribution >= 0.6 is 22.9 Å². The van der Waals surface area contributed by atoms with Gasteiger partial charge in [-0.25, -0.2) is 4.98 Å². The maximum Gasteiger partial charge on any atom is 0.128 e. The molecule has 3 aromatic rings. The number of hydrogen-bond acceptors (Lipinski definition) is 2. The van der Waals surface area contributed by atoms with Gasteiger partial charge in [-0.1, -0.05) is 13.0 Å². The molecule has 0 bridgehead atoms. The van der Waals surface area contributed by atoms with Crippen LogP contribution in [-0.4, -0.2) is 9.55 Å². The number of benzene rings is 1. The van der Waals surface area contributed by atoms with Crippen molar-refractivity contribution in [2.45, 2.75) is 39.1 Å². The third-order valence-electron chi connectivity index (χ3n) is 3.67. The molecular weight excluding hydrogens is 300 g/mol. The van der Waals surface area contributed by atoms with Crippen LogP contribution in [-0.2, 0) is 13.0 Å². The summed E-state index contributed by atoms with van der Waals surface area (Å²) in [7, 11) is 0. The Morgan fingerprint density at radius 2 is 2.00 bits per heavy atom. The molecule has 0 radical (unpaired) electrons. The van der Waals surface area contributed by atoms with Crippen molar-refractivity contribution in [2.24, 2.45) is 0 Å². The summed E-state index contributed by atoms with van der Waals surface area (Å²) in [6.45, 7) is 7.11. The largest absolute Gasteiger partial charge is 0.321 e. The number of aryl methyl sites for hydroxylation is 2. The Morgan fingerprint density at radius 1 is 1.24 bits per heavy atom. The number of halogens is 1. The van der Waals surface area contributed by atoms with Gasteiger partial charge in [0, 0.05) is 9.75 Å². The second-order valence-corrected chi connectivity index (χ2v) is 7.29. The van der Waals surface area contributed by atoms with Gasteiger partial charge < -0.3 is 4.57 Å². The van der Waals surface area contributed by atoms with Gasteiger partial charge in [0.15, 0.2) is 0 Å². The summed E-state index contributed by atoms with van der Waals surface area (Å²) < 4.78 is 2.25. The molecule has 3 rings (SSSR count). The number of nitrogens with zero attached hydrogens (tertiary/aromatic N) is 2. The van der Waals surface area contributed by atoms with E-state index >= 15 is 0 Å². The molecule has 2 nitrogen and oxygen atoms in total. The van der Waals surface area contributed by atoms with Crippen LogP contribution < -0.4 is 0 Å². The summed E-state index contributed by atoms with van der Waals surface area (Å²) >= 11 is 8.21. The second-order valence-electron chi connectivity index (χ2n) is 5.39. The average Bonchev–Trinajstić information content (AvgIpc) is 3.04. The molecule has 0 aliphatic carbocycles. The minimum atomic E-state index is -0.0942. The highest BCUT2D eigenvalue weighted by molar-refractivity contribution is 7.11. The summed E-state index contributed by atoms with van der Waals surface area (Å²) in [5.41, 5.74) is 3.42. The number of rotatable bonds is 4. The van der Waals surface area contributed by atoms with Gasteiger partial charge in [0.05, 0.1) is 23.0 Å². The fraction of sp³-hybridized carbons (Fsp3) is 0.353. The molecule has 0 spiro atoms. The van der Waals surface area contributed by atoms with Gasteiger partial charge in [-0.2, -0.15) is 0 Å². The molecule has 0 aliphatic rings. The lowest BCUT2D eigenvalue weighted by atomic mass is 10.2. The van der Waals surface area contributed by atoms with Crippen LogP contribution in [0.3, 0.4) is 0 Å². The minimum Gasteiger partial charge on any atom is -0.321 e. The highest BCUT2D eigenvalue weighted by Gasteiger charge is 2.15. The molecule has 4 heteroatoms. The monoisotopic (exact) mass is 318 g/mol. The molecule has 2 aromatic heterocycles. The average molecular weight is 319 g/mol. The second kappa shape index (κ2) is 5.82. The first-order valence-corrected chi connectivity index (χ1v) is 8.52. The molecular formula is C17H19ClN2S. The molecule has 0 fully saturated rings. The number of aromatic nitrogens is 2. The van der Waals surface area contributed by atoms with Crippen molar-refractivity contribution in [3.05, 3.63) is 51.5 Å². The number of fused-ring (bicyclic) bond motifs is 1. The standard InChI is InChI=1S/C17H19ClN2S/c1-4-13-6-7-14(21-13)10-20-16-8-5-11(2)9-15(16)19-17(20)12(3)18/h5-9,12H,4,10H2,1-3H3. The summed E-state index contributed by atoms with van der Waals surface area (Å²) in [5.74, 6) is 0.948. The Morgan fingerprint density at radius 3 is 2.67 bits per heavy atom. The molecule has 2 heterocycles. The highest BCUT2D eigenvalue weighted by atomic mass is 35.5. The van der Waals surface area contributed by atoms with Gasteiger partial charge in [-0.3, -0.25) is 0 Å². The third-order valence-corrected chi connectivity index (χ3v) is 5.08. The molecule has 110 valence electrons. The van der Waals surface area contributed by atoms with Crippen molar-refractivity contribution in [3.8, 4) is 0 Å². The lowest BCUT2D eigenvalue weighted by molar-refractivity contribution is 0.750. The van der Waals surface area contributed by atoms with Gasteiger partial charge >= 0.3 is 0 Å². The minimum absolute atomic E-state index is 0.0942. The predicted molar refractivity (Wildman–Crippen MR) is 91.5 cm³/mol.